The average molecular weight is 195 g/mol. The molecule has 4 nitrogen and oxygen atoms in total. The lowest BCUT2D eigenvalue weighted by Gasteiger charge is -2.03. The molecule has 0 unspecified atom stereocenters. The standard InChI is InChI=1S/C10H17N3O/c1-8(2)4-5-9(14)6-10-11-7-12-13(10)3/h7-8H,4-6H2,1-3H3. The van der Waals surface area contributed by atoms with Gasteiger partial charge in [-0.25, -0.2) is 4.98 Å². The highest BCUT2D eigenvalue weighted by molar-refractivity contribution is 5.80. The molecule has 1 rings (SSSR count). The zero-order valence-electron chi connectivity index (χ0n) is 9.03. The van der Waals surface area contributed by atoms with Crippen molar-refractivity contribution >= 4 is 5.78 Å². The predicted octanol–water partition coefficient (Wildman–Crippen LogP) is 1.36. The third-order valence-corrected chi connectivity index (χ3v) is 2.16. The van der Waals surface area contributed by atoms with Crippen molar-refractivity contribution in [2.24, 2.45) is 13.0 Å². The Morgan fingerprint density at radius 2 is 2.29 bits per heavy atom. The number of ketones is 1. The van der Waals surface area contributed by atoms with E-state index < -0.39 is 0 Å². The Balaban J connectivity index is 2.38. The minimum Gasteiger partial charge on any atom is -0.299 e. The first-order chi connectivity index (χ1) is 6.59. The first-order valence-electron chi connectivity index (χ1n) is 4.94. The van der Waals surface area contributed by atoms with Gasteiger partial charge in [-0.05, 0) is 12.3 Å². The highest BCUT2D eigenvalue weighted by Gasteiger charge is 2.08. The van der Waals surface area contributed by atoms with E-state index in [1.165, 1.54) is 6.33 Å². The van der Waals surface area contributed by atoms with Crippen molar-refractivity contribution in [1.82, 2.24) is 14.8 Å². The first kappa shape index (κ1) is 10.9. The molecule has 0 N–H and O–H groups in total. The Labute approximate surface area is 84.3 Å². The smallest absolute Gasteiger partial charge is 0.140 e. The molecule has 78 valence electrons. The molecule has 0 spiro atoms. The maximum Gasteiger partial charge on any atom is 0.140 e. The summed E-state index contributed by atoms with van der Waals surface area (Å²) < 4.78 is 1.65. The minimum absolute atomic E-state index is 0.245. The van der Waals surface area contributed by atoms with E-state index in [0.29, 0.717) is 18.8 Å². The van der Waals surface area contributed by atoms with Crippen LogP contribution in [-0.4, -0.2) is 20.5 Å². The molecule has 0 aliphatic heterocycles. The van der Waals surface area contributed by atoms with Crippen LogP contribution >= 0.6 is 0 Å². The van der Waals surface area contributed by atoms with Crippen LogP contribution in [0, 0.1) is 5.92 Å². The van der Waals surface area contributed by atoms with E-state index in [1.54, 1.807) is 11.7 Å². The van der Waals surface area contributed by atoms with E-state index in [9.17, 15) is 4.79 Å². The summed E-state index contributed by atoms with van der Waals surface area (Å²) in [5.41, 5.74) is 0. The summed E-state index contributed by atoms with van der Waals surface area (Å²) in [6.07, 6.45) is 3.48. The number of carbonyl (C=O) groups is 1. The molecule has 14 heavy (non-hydrogen) atoms. The molecule has 1 aromatic rings. The average Bonchev–Trinajstić information content (AvgIpc) is 2.49. The Morgan fingerprint density at radius 1 is 1.57 bits per heavy atom. The Morgan fingerprint density at radius 3 is 2.79 bits per heavy atom. The molecule has 0 atom stereocenters. The van der Waals surface area contributed by atoms with Crippen LogP contribution in [0.25, 0.3) is 0 Å². The van der Waals surface area contributed by atoms with Crippen molar-refractivity contribution in [3.8, 4) is 0 Å². The largest absolute Gasteiger partial charge is 0.299 e. The lowest BCUT2D eigenvalue weighted by molar-refractivity contribution is -0.118. The molecule has 0 aliphatic rings. The van der Waals surface area contributed by atoms with Crippen molar-refractivity contribution in [1.29, 1.82) is 0 Å². The number of Topliss-reactive ketones (excluding diaryl/α,β-unsaturated/α-hetero) is 1. The van der Waals surface area contributed by atoms with Gasteiger partial charge in [0.1, 0.15) is 17.9 Å². The number of hydrogen-bond acceptors (Lipinski definition) is 3. The third-order valence-electron chi connectivity index (χ3n) is 2.16. The number of rotatable bonds is 5. The van der Waals surface area contributed by atoms with Gasteiger partial charge in [0.2, 0.25) is 0 Å². The molecule has 0 bridgehead atoms. The molecule has 1 aromatic heterocycles. The van der Waals surface area contributed by atoms with Gasteiger partial charge in [-0.3, -0.25) is 9.48 Å². The first-order valence-corrected chi connectivity index (χ1v) is 4.94. The van der Waals surface area contributed by atoms with E-state index in [-0.39, 0.29) is 5.78 Å². The summed E-state index contributed by atoms with van der Waals surface area (Å²) in [4.78, 5) is 15.5. The van der Waals surface area contributed by atoms with Crippen LogP contribution in [-0.2, 0) is 18.3 Å². The fourth-order valence-corrected chi connectivity index (χ4v) is 1.19. The van der Waals surface area contributed by atoms with Crippen LogP contribution in [0.4, 0.5) is 0 Å². The number of carbonyl (C=O) groups excluding carboxylic acids is 1. The number of hydrogen-bond donors (Lipinski definition) is 0. The van der Waals surface area contributed by atoms with E-state index >= 15 is 0 Å². The van der Waals surface area contributed by atoms with Gasteiger partial charge in [0.05, 0.1) is 6.42 Å². The van der Waals surface area contributed by atoms with Gasteiger partial charge in [0.25, 0.3) is 0 Å². The van der Waals surface area contributed by atoms with Gasteiger partial charge in [-0.2, -0.15) is 5.10 Å². The number of aromatic nitrogens is 3. The molecule has 0 radical (unpaired) electrons. The lowest BCUT2D eigenvalue weighted by Crippen LogP contribution is -2.09. The summed E-state index contributed by atoms with van der Waals surface area (Å²) in [7, 11) is 1.80. The van der Waals surface area contributed by atoms with Crippen molar-refractivity contribution in [2.45, 2.75) is 33.1 Å². The van der Waals surface area contributed by atoms with Gasteiger partial charge in [-0.1, -0.05) is 13.8 Å². The van der Waals surface area contributed by atoms with Crippen LogP contribution in [0.3, 0.4) is 0 Å². The van der Waals surface area contributed by atoms with Crippen LogP contribution < -0.4 is 0 Å². The molecule has 4 heteroatoms. The maximum atomic E-state index is 11.5. The number of nitrogens with zero attached hydrogens (tertiary/aromatic N) is 3. The fourth-order valence-electron chi connectivity index (χ4n) is 1.19. The Hall–Kier alpha value is -1.19. The molecule has 0 fully saturated rings. The molecule has 0 amide bonds. The highest BCUT2D eigenvalue weighted by Crippen LogP contribution is 2.06. The van der Waals surface area contributed by atoms with Crippen molar-refractivity contribution in [2.75, 3.05) is 0 Å². The third kappa shape index (κ3) is 3.28. The quantitative estimate of drug-likeness (QED) is 0.712. The minimum atomic E-state index is 0.245. The Kier molecular flexibility index (Phi) is 3.80. The molecule has 0 aromatic carbocycles. The molecule has 0 aliphatic carbocycles. The van der Waals surface area contributed by atoms with Gasteiger partial charge >= 0.3 is 0 Å². The van der Waals surface area contributed by atoms with E-state index in [4.69, 9.17) is 0 Å². The summed E-state index contributed by atoms with van der Waals surface area (Å²) in [6.45, 7) is 4.24. The predicted molar refractivity (Wildman–Crippen MR) is 53.8 cm³/mol. The van der Waals surface area contributed by atoms with Crippen molar-refractivity contribution in [3.63, 3.8) is 0 Å². The fraction of sp³-hybridized carbons (Fsp3) is 0.700. The second kappa shape index (κ2) is 4.88. The second-order valence-corrected chi connectivity index (χ2v) is 3.95. The zero-order chi connectivity index (χ0) is 10.6. The summed E-state index contributed by atoms with van der Waals surface area (Å²) >= 11 is 0. The maximum absolute atomic E-state index is 11.5. The van der Waals surface area contributed by atoms with Gasteiger partial charge in [0.15, 0.2) is 0 Å². The number of aryl methyl sites for hydroxylation is 1. The van der Waals surface area contributed by atoms with Crippen molar-refractivity contribution in [3.05, 3.63) is 12.2 Å². The molecular formula is C10H17N3O. The summed E-state index contributed by atoms with van der Waals surface area (Å²) in [5, 5.41) is 3.92. The SMILES string of the molecule is CC(C)CCC(=O)Cc1ncnn1C. The molecule has 1 heterocycles. The second-order valence-electron chi connectivity index (χ2n) is 3.95. The van der Waals surface area contributed by atoms with Gasteiger partial charge in [-0.15, -0.1) is 0 Å². The summed E-state index contributed by atoms with van der Waals surface area (Å²) in [5.74, 6) is 1.58. The Bertz CT molecular complexity index is 304. The monoisotopic (exact) mass is 195 g/mol. The zero-order valence-corrected chi connectivity index (χ0v) is 9.03. The normalized spacial score (nSPS) is 10.9. The van der Waals surface area contributed by atoms with Gasteiger partial charge in [0, 0.05) is 13.5 Å². The van der Waals surface area contributed by atoms with Crippen LogP contribution in [0.2, 0.25) is 0 Å². The van der Waals surface area contributed by atoms with E-state index in [0.717, 1.165) is 12.2 Å². The van der Waals surface area contributed by atoms with Crippen LogP contribution in [0.15, 0.2) is 6.33 Å². The van der Waals surface area contributed by atoms with Crippen LogP contribution in [0.5, 0.6) is 0 Å². The topological polar surface area (TPSA) is 47.8 Å². The van der Waals surface area contributed by atoms with Crippen LogP contribution in [0.1, 0.15) is 32.5 Å². The van der Waals surface area contributed by atoms with E-state index in [1.807, 2.05) is 0 Å². The van der Waals surface area contributed by atoms with E-state index in [2.05, 4.69) is 23.9 Å². The molecule has 0 saturated heterocycles. The molecule has 0 saturated carbocycles. The molecular weight excluding hydrogens is 178 g/mol. The van der Waals surface area contributed by atoms with Crippen molar-refractivity contribution < 1.29 is 4.79 Å². The summed E-state index contributed by atoms with van der Waals surface area (Å²) in [6, 6.07) is 0. The van der Waals surface area contributed by atoms with Gasteiger partial charge < -0.3 is 0 Å². The highest BCUT2D eigenvalue weighted by atomic mass is 16.1. The lowest BCUT2D eigenvalue weighted by atomic mass is 10.0.